The van der Waals surface area contributed by atoms with Crippen LogP contribution in [0, 0.1) is 0 Å². The Balaban J connectivity index is 0.00000300. The maximum absolute atomic E-state index is 12.3. The van der Waals surface area contributed by atoms with E-state index in [4.69, 9.17) is 0 Å². The lowest BCUT2D eigenvalue weighted by atomic mass is 10.1. The molecule has 1 aromatic carbocycles. The molecular formula is C21H32IN5O2. The van der Waals surface area contributed by atoms with Crippen molar-refractivity contribution >= 4 is 47.4 Å². The van der Waals surface area contributed by atoms with Crippen LogP contribution in [0.1, 0.15) is 44.6 Å². The minimum atomic E-state index is 0. The van der Waals surface area contributed by atoms with Crippen molar-refractivity contribution in [1.82, 2.24) is 15.5 Å². The molecular weight excluding hydrogens is 481 g/mol. The molecule has 2 fully saturated rings. The Morgan fingerprint density at radius 2 is 1.76 bits per heavy atom. The molecule has 8 heteroatoms. The molecule has 0 unspecified atom stereocenters. The van der Waals surface area contributed by atoms with E-state index in [2.05, 4.69) is 15.6 Å². The van der Waals surface area contributed by atoms with Crippen molar-refractivity contribution in [3.05, 3.63) is 29.8 Å². The number of anilines is 1. The molecule has 0 bridgehead atoms. The molecule has 2 saturated heterocycles. The van der Waals surface area contributed by atoms with Gasteiger partial charge in [-0.15, -0.1) is 24.0 Å². The zero-order valence-corrected chi connectivity index (χ0v) is 19.5. The van der Waals surface area contributed by atoms with Crippen LogP contribution in [-0.4, -0.2) is 55.4 Å². The summed E-state index contributed by atoms with van der Waals surface area (Å²) in [6.07, 6.45) is 4.97. The fraction of sp³-hybridized carbons (Fsp3) is 0.571. The standard InChI is InChI=1S/C21H31N5O2.HI/c1-2-22-21(24-16-20(28)25-12-4-3-5-13-25)23-15-17-8-10-18(11-9-17)26-14-6-7-19(26)27;/h8-11H,2-7,12-16H2,1H3,(H2,22,23,24);1H. The van der Waals surface area contributed by atoms with Gasteiger partial charge in [-0.25, -0.2) is 4.99 Å². The van der Waals surface area contributed by atoms with Gasteiger partial charge < -0.3 is 20.4 Å². The first-order valence-electron chi connectivity index (χ1n) is 10.4. The Labute approximate surface area is 190 Å². The highest BCUT2D eigenvalue weighted by Gasteiger charge is 2.21. The van der Waals surface area contributed by atoms with Gasteiger partial charge in [0, 0.05) is 38.3 Å². The van der Waals surface area contributed by atoms with Crippen molar-refractivity contribution in [3.63, 3.8) is 0 Å². The average molecular weight is 513 g/mol. The molecule has 0 atom stereocenters. The molecule has 7 nitrogen and oxygen atoms in total. The second-order valence-corrected chi connectivity index (χ2v) is 7.31. The molecule has 2 N–H and O–H groups in total. The molecule has 0 aliphatic carbocycles. The van der Waals surface area contributed by atoms with Crippen molar-refractivity contribution in [2.45, 2.75) is 45.6 Å². The van der Waals surface area contributed by atoms with E-state index in [1.54, 1.807) is 0 Å². The van der Waals surface area contributed by atoms with Crippen molar-refractivity contribution in [2.75, 3.05) is 37.6 Å². The third-order valence-electron chi connectivity index (χ3n) is 5.20. The second-order valence-electron chi connectivity index (χ2n) is 7.31. The molecule has 0 spiro atoms. The molecule has 160 valence electrons. The number of nitrogens with one attached hydrogen (secondary N) is 2. The Bertz CT molecular complexity index is 702. The van der Waals surface area contributed by atoms with Gasteiger partial charge in [-0.3, -0.25) is 9.59 Å². The molecule has 2 heterocycles. The first kappa shape index (κ1) is 23.4. The molecule has 2 aliphatic rings. The number of piperidine rings is 1. The number of nitrogens with zero attached hydrogens (tertiary/aromatic N) is 3. The van der Waals surface area contributed by atoms with E-state index >= 15 is 0 Å². The van der Waals surface area contributed by atoms with Gasteiger partial charge in [0.1, 0.15) is 0 Å². The zero-order valence-electron chi connectivity index (χ0n) is 17.2. The topological polar surface area (TPSA) is 77.0 Å². The Kier molecular flexibility index (Phi) is 9.69. The fourth-order valence-corrected chi connectivity index (χ4v) is 3.63. The van der Waals surface area contributed by atoms with E-state index in [9.17, 15) is 9.59 Å². The van der Waals surface area contributed by atoms with Crippen LogP contribution in [0.25, 0.3) is 0 Å². The number of carbonyl (C=O) groups excluding carboxylic acids is 2. The van der Waals surface area contributed by atoms with Gasteiger partial charge in [-0.2, -0.15) is 0 Å². The van der Waals surface area contributed by atoms with Gasteiger partial charge in [-0.05, 0) is 50.3 Å². The predicted octanol–water partition coefficient (Wildman–Crippen LogP) is 2.50. The Morgan fingerprint density at radius 3 is 2.38 bits per heavy atom. The van der Waals surface area contributed by atoms with Crippen LogP contribution in [0.3, 0.4) is 0 Å². The highest BCUT2D eigenvalue weighted by molar-refractivity contribution is 14.0. The molecule has 0 saturated carbocycles. The number of benzene rings is 1. The lowest BCUT2D eigenvalue weighted by Crippen LogP contribution is -2.46. The summed E-state index contributed by atoms with van der Waals surface area (Å²) in [4.78, 5) is 32.5. The highest BCUT2D eigenvalue weighted by atomic mass is 127. The van der Waals surface area contributed by atoms with Crippen LogP contribution < -0.4 is 15.5 Å². The molecule has 0 aromatic heterocycles. The summed E-state index contributed by atoms with van der Waals surface area (Å²) >= 11 is 0. The number of carbonyl (C=O) groups is 2. The molecule has 3 rings (SSSR count). The van der Waals surface area contributed by atoms with Crippen LogP contribution in [0.5, 0.6) is 0 Å². The number of halogens is 1. The van der Waals surface area contributed by atoms with Gasteiger partial charge in [-0.1, -0.05) is 12.1 Å². The van der Waals surface area contributed by atoms with Gasteiger partial charge in [0.25, 0.3) is 0 Å². The SMILES string of the molecule is CCNC(=NCc1ccc(N2CCCC2=O)cc1)NCC(=O)N1CCCCC1.I. The van der Waals surface area contributed by atoms with Crippen molar-refractivity contribution in [1.29, 1.82) is 0 Å². The number of hydrogen-bond acceptors (Lipinski definition) is 3. The van der Waals surface area contributed by atoms with Crippen molar-refractivity contribution < 1.29 is 9.59 Å². The Hall–Kier alpha value is -1.84. The average Bonchev–Trinajstić information content (AvgIpc) is 3.16. The summed E-state index contributed by atoms with van der Waals surface area (Å²) < 4.78 is 0. The molecule has 29 heavy (non-hydrogen) atoms. The number of hydrogen-bond donors (Lipinski definition) is 2. The van der Waals surface area contributed by atoms with E-state index in [0.29, 0.717) is 18.9 Å². The van der Waals surface area contributed by atoms with Gasteiger partial charge in [0.15, 0.2) is 5.96 Å². The van der Waals surface area contributed by atoms with Gasteiger partial charge >= 0.3 is 0 Å². The number of amides is 2. The van der Waals surface area contributed by atoms with Gasteiger partial charge in [0.05, 0.1) is 13.1 Å². The fourth-order valence-electron chi connectivity index (χ4n) is 3.63. The van der Waals surface area contributed by atoms with E-state index in [1.165, 1.54) is 6.42 Å². The third-order valence-corrected chi connectivity index (χ3v) is 5.20. The maximum Gasteiger partial charge on any atom is 0.241 e. The number of aliphatic imine (C=N–C) groups is 1. The quantitative estimate of drug-likeness (QED) is 0.348. The van der Waals surface area contributed by atoms with E-state index in [-0.39, 0.29) is 42.3 Å². The molecule has 2 aliphatic heterocycles. The maximum atomic E-state index is 12.3. The van der Waals surface area contributed by atoms with E-state index < -0.39 is 0 Å². The lowest BCUT2D eigenvalue weighted by molar-refractivity contribution is -0.130. The van der Waals surface area contributed by atoms with Crippen molar-refractivity contribution in [2.24, 2.45) is 4.99 Å². The summed E-state index contributed by atoms with van der Waals surface area (Å²) in [5.41, 5.74) is 2.02. The largest absolute Gasteiger partial charge is 0.357 e. The second kappa shape index (κ2) is 12.0. The molecule has 1 aromatic rings. The first-order chi connectivity index (χ1) is 13.7. The summed E-state index contributed by atoms with van der Waals surface area (Å²) in [6.45, 7) is 6.05. The minimum Gasteiger partial charge on any atom is -0.357 e. The first-order valence-corrected chi connectivity index (χ1v) is 10.4. The van der Waals surface area contributed by atoms with Crippen LogP contribution in [0.4, 0.5) is 5.69 Å². The summed E-state index contributed by atoms with van der Waals surface area (Å²) in [5, 5.41) is 6.33. The third kappa shape index (κ3) is 6.87. The minimum absolute atomic E-state index is 0. The molecule has 2 amide bonds. The number of rotatable bonds is 6. The zero-order chi connectivity index (χ0) is 19.8. The van der Waals surface area contributed by atoms with E-state index in [1.807, 2.05) is 41.0 Å². The Morgan fingerprint density at radius 1 is 1.03 bits per heavy atom. The van der Waals surface area contributed by atoms with Crippen LogP contribution >= 0.6 is 24.0 Å². The van der Waals surface area contributed by atoms with Crippen molar-refractivity contribution in [3.8, 4) is 0 Å². The normalized spacial score (nSPS) is 17.1. The summed E-state index contributed by atoms with van der Waals surface area (Å²) in [7, 11) is 0. The monoisotopic (exact) mass is 513 g/mol. The van der Waals surface area contributed by atoms with Crippen LogP contribution in [-0.2, 0) is 16.1 Å². The smallest absolute Gasteiger partial charge is 0.241 e. The van der Waals surface area contributed by atoms with Crippen LogP contribution in [0.15, 0.2) is 29.3 Å². The van der Waals surface area contributed by atoms with Gasteiger partial charge in [0.2, 0.25) is 11.8 Å². The van der Waals surface area contributed by atoms with Crippen LogP contribution in [0.2, 0.25) is 0 Å². The number of likely N-dealkylation sites (tertiary alicyclic amines) is 1. The highest BCUT2D eigenvalue weighted by Crippen LogP contribution is 2.21. The lowest BCUT2D eigenvalue weighted by Gasteiger charge is -2.27. The summed E-state index contributed by atoms with van der Waals surface area (Å²) in [5.74, 6) is 0.972. The number of guanidine groups is 1. The van der Waals surface area contributed by atoms with E-state index in [0.717, 1.165) is 56.7 Å². The predicted molar refractivity (Wildman–Crippen MR) is 127 cm³/mol. The summed E-state index contributed by atoms with van der Waals surface area (Å²) in [6, 6.07) is 7.97. The molecule has 0 radical (unpaired) electrons.